The van der Waals surface area contributed by atoms with Crippen LogP contribution in [0.1, 0.15) is 70.4 Å². The molecule has 1 aromatic heterocycles. The monoisotopic (exact) mass is 513 g/mol. The van der Waals surface area contributed by atoms with Gasteiger partial charge in [-0.25, -0.2) is 9.59 Å². The molecule has 0 aliphatic carbocycles. The molecule has 1 unspecified atom stereocenters. The number of fused-ring (bicyclic) bond motifs is 1. The van der Waals surface area contributed by atoms with Gasteiger partial charge in [0.25, 0.3) is 0 Å². The Morgan fingerprint density at radius 1 is 1.14 bits per heavy atom. The normalized spacial score (nSPS) is 19.8. The molecular weight excluding hydrogens is 474 g/mol. The Labute approximate surface area is 217 Å². The zero-order valence-corrected chi connectivity index (χ0v) is 22.6. The molecule has 10 heteroatoms. The highest BCUT2D eigenvalue weighted by Crippen LogP contribution is 2.34. The van der Waals surface area contributed by atoms with E-state index in [4.69, 9.17) is 4.74 Å². The summed E-state index contributed by atoms with van der Waals surface area (Å²) in [4.78, 5) is 53.6. The maximum atomic E-state index is 13.2. The molecule has 0 spiro atoms. The SMILES string of the molecule is CN(CCCN1CCC(c2cccc3c2n(C)c(=O)n3C2CCC(=O)NC2=O)CC1)C(=O)OC(C)(C)C. The Hall–Kier alpha value is -3.14. The van der Waals surface area contributed by atoms with Crippen LogP contribution in [0.15, 0.2) is 23.0 Å². The number of hydrogen-bond donors (Lipinski definition) is 1. The number of para-hydroxylation sites is 1. The summed E-state index contributed by atoms with van der Waals surface area (Å²) >= 11 is 0. The number of carbonyl (C=O) groups is 3. The van der Waals surface area contributed by atoms with Crippen molar-refractivity contribution in [1.82, 2.24) is 24.3 Å². The predicted octanol–water partition coefficient (Wildman–Crippen LogP) is 2.75. The van der Waals surface area contributed by atoms with Crippen molar-refractivity contribution in [3.05, 3.63) is 34.2 Å². The van der Waals surface area contributed by atoms with Gasteiger partial charge in [-0.15, -0.1) is 0 Å². The lowest BCUT2D eigenvalue weighted by molar-refractivity contribution is -0.135. The summed E-state index contributed by atoms with van der Waals surface area (Å²) in [6, 6.07) is 5.26. The van der Waals surface area contributed by atoms with Gasteiger partial charge in [0, 0.05) is 27.1 Å². The van der Waals surface area contributed by atoms with Crippen LogP contribution in [0.25, 0.3) is 11.0 Å². The highest BCUT2D eigenvalue weighted by Gasteiger charge is 2.32. The predicted molar refractivity (Wildman–Crippen MR) is 140 cm³/mol. The van der Waals surface area contributed by atoms with Crippen LogP contribution >= 0.6 is 0 Å². The molecule has 0 saturated carbocycles. The molecule has 1 aromatic carbocycles. The quantitative estimate of drug-likeness (QED) is 0.596. The van der Waals surface area contributed by atoms with Gasteiger partial charge in [0.15, 0.2) is 0 Å². The van der Waals surface area contributed by atoms with Crippen LogP contribution in [0.4, 0.5) is 4.79 Å². The third-order valence-corrected chi connectivity index (χ3v) is 7.36. The largest absolute Gasteiger partial charge is 0.444 e. The minimum atomic E-state index is -0.676. The number of benzene rings is 1. The first kappa shape index (κ1) is 26.9. The minimum absolute atomic E-state index is 0.227. The number of carbonyl (C=O) groups excluding carboxylic acids is 3. The summed E-state index contributed by atoms with van der Waals surface area (Å²) in [6.07, 6.45) is 3.08. The van der Waals surface area contributed by atoms with Crippen molar-refractivity contribution in [1.29, 1.82) is 0 Å². The van der Waals surface area contributed by atoms with Crippen molar-refractivity contribution in [3.8, 4) is 0 Å². The van der Waals surface area contributed by atoms with E-state index < -0.39 is 17.6 Å². The van der Waals surface area contributed by atoms with Gasteiger partial charge in [-0.1, -0.05) is 12.1 Å². The smallest absolute Gasteiger partial charge is 0.410 e. The fourth-order valence-electron chi connectivity index (χ4n) is 5.46. The second-order valence-electron chi connectivity index (χ2n) is 11.3. The van der Waals surface area contributed by atoms with Gasteiger partial charge in [-0.3, -0.25) is 24.0 Å². The van der Waals surface area contributed by atoms with Crippen molar-refractivity contribution in [3.63, 3.8) is 0 Å². The lowest BCUT2D eigenvalue weighted by Crippen LogP contribution is -2.44. The Morgan fingerprint density at radius 3 is 2.49 bits per heavy atom. The third-order valence-electron chi connectivity index (χ3n) is 7.36. The van der Waals surface area contributed by atoms with E-state index in [0.717, 1.165) is 55.5 Å². The second kappa shape index (κ2) is 10.7. The molecular formula is C27H39N5O5. The fourth-order valence-corrected chi connectivity index (χ4v) is 5.46. The van der Waals surface area contributed by atoms with Gasteiger partial charge in [0.2, 0.25) is 11.8 Å². The van der Waals surface area contributed by atoms with E-state index in [1.165, 1.54) is 0 Å². The van der Waals surface area contributed by atoms with Crippen molar-refractivity contribution >= 4 is 28.9 Å². The number of aromatic nitrogens is 2. The van der Waals surface area contributed by atoms with E-state index in [9.17, 15) is 19.2 Å². The molecule has 0 bridgehead atoms. The molecule has 1 N–H and O–H groups in total. The highest BCUT2D eigenvalue weighted by atomic mass is 16.6. The molecule has 3 heterocycles. The second-order valence-corrected chi connectivity index (χ2v) is 11.3. The van der Waals surface area contributed by atoms with Crippen LogP contribution in [-0.4, -0.2) is 75.7 Å². The highest BCUT2D eigenvalue weighted by molar-refractivity contribution is 6.00. The van der Waals surface area contributed by atoms with E-state index >= 15 is 0 Å². The van der Waals surface area contributed by atoms with Crippen LogP contribution in [0, 0.1) is 0 Å². The summed E-state index contributed by atoms with van der Waals surface area (Å²) in [5.41, 5.74) is 2.01. The van der Waals surface area contributed by atoms with E-state index in [-0.39, 0.29) is 24.1 Å². The molecule has 1 atom stereocenters. The Morgan fingerprint density at radius 2 is 1.84 bits per heavy atom. The van der Waals surface area contributed by atoms with Gasteiger partial charge >= 0.3 is 11.8 Å². The molecule has 2 aliphatic rings. The lowest BCUT2D eigenvalue weighted by Gasteiger charge is -2.33. The summed E-state index contributed by atoms with van der Waals surface area (Å²) in [6.45, 7) is 9.04. The van der Waals surface area contributed by atoms with Gasteiger partial charge in [0.05, 0.1) is 11.0 Å². The van der Waals surface area contributed by atoms with Crippen molar-refractivity contribution < 1.29 is 19.1 Å². The first-order chi connectivity index (χ1) is 17.5. The molecule has 2 aliphatic heterocycles. The number of imidazole rings is 1. The van der Waals surface area contributed by atoms with Crippen LogP contribution in [0.3, 0.4) is 0 Å². The average Bonchev–Trinajstić information content (AvgIpc) is 3.08. The van der Waals surface area contributed by atoms with Crippen LogP contribution in [0.2, 0.25) is 0 Å². The number of nitrogens with one attached hydrogen (secondary N) is 1. The van der Waals surface area contributed by atoms with Crippen molar-refractivity contribution in [2.24, 2.45) is 7.05 Å². The molecule has 10 nitrogen and oxygen atoms in total. The summed E-state index contributed by atoms with van der Waals surface area (Å²) in [7, 11) is 3.53. The molecule has 2 fully saturated rings. The molecule has 2 saturated heterocycles. The summed E-state index contributed by atoms with van der Waals surface area (Å²) in [5, 5.41) is 2.37. The van der Waals surface area contributed by atoms with Crippen LogP contribution in [0.5, 0.6) is 0 Å². The minimum Gasteiger partial charge on any atom is -0.444 e. The Balaban J connectivity index is 1.40. The fraction of sp³-hybridized carbons (Fsp3) is 0.630. The van der Waals surface area contributed by atoms with Crippen molar-refractivity contribution in [2.75, 3.05) is 33.2 Å². The van der Waals surface area contributed by atoms with Crippen LogP contribution < -0.4 is 11.0 Å². The van der Waals surface area contributed by atoms with Gasteiger partial charge in [0.1, 0.15) is 11.6 Å². The Bertz CT molecular complexity index is 1230. The van der Waals surface area contributed by atoms with Gasteiger partial charge < -0.3 is 14.5 Å². The molecule has 37 heavy (non-hydrogen) atoms. The topological polar surface area (TPSA) is 106 Å². The molecule has 4 rings (SSSR count). The van der Waals surface area contributed by atoms with Gasteiger partial charge in [-0.05, 0) is 83.6 Å². The van der Waals surface area contributed by atoms with Gasteiger partial charge in [-0.2, -0.15) is 0 Å². The molecule has 0 radical (unpaired) electrons. The zero-order valence-electron chi connectivity index (χ0n) is 22.6. The number of likely N-dealkylation sites (tertiary alicyclic amines) is 1. The maximum Gasteiger partial charge on any atom is 0.410 e. The van der Waals surface area contributed by atoms with Crippen LogP contribution in [-0.2, 0) is 21.4 Å². The number of rotatable bonds is 6. The molecule has 2 aromatic rings. The molecule has 202 valence electrons. The lowest BCUT2D eigenvalue weighted by atomic mass is 9.88. The zero-order chi connectivity index (χ0) is 26.9. The number of imide groups is 1. The number of piperidine rings is 2. The number of hydrogen-bond acceptors (Lipinski definition) is 6. The number of ether oxygens (including phenoxy) is 1. The summed E-state index contributed by atoms with van der Waals surface area (Å²) in [5.74, 6) is -0.395. The average molecular weight is 514 g/mol. The molecule has 3 amide bonds. The number of aryl methyl sites for hydroxylation is 1. The first-order valence-electron chi connectivity index (χ1n) is 13.2. The standard InChI is InChI=1S/C27H39N5O5/c1-27(2,3)37-26(36)29(4)14-7-15-31-16-12-18(13-17-31)19-8-6-9-20-23(19)30(5)25(35)32(20)21-10-11-22(33)28-24(21)34/h6,8-9,18,21H,7,10-17H2,1-5H3,(H,28,33,34). The van der Waals surface area contributed by atoms with E-state index in [1.807, 2.05) is 32.9 Å². The van der Waals surface area contributed by atoms with E-state index in [2.05, 4.69) is 16.3 Å². The van der Waals surface area contributed by atoms with E-state index in [0.29, 0.717) is 18.9 Å². The third kappa shape index (κ3) is 5.89. The van der Waals surface area contributed by atoms with Crippen molar-refractivity contribution in [2.45, 2.75) is 70.4 Å². The number of amides is 3. The Kier molecular flexibility index (Phi) is 7.77. The number of nitrogens with zero attached hydrogens (tertiary/aromatic N) is 4. The first-order valence-corrected chi connectivity index (χ1v) is 13.2. The summed E-state index contributed by atoms with van der Waals surface area (Å²) < 4.78 is 8.62. The van der Waals surface area contributed by atoms with E-state index in [1.54, 1.807) is 28.1 Å². The maximum absolute atomic E-state index is 13.2.